The van der Waals surface area contributed by atoms with Crippen LogP contribution in [0.25, 0.3) is 0 Å². The van der Waals surface area contributed by atoms with E-state index in [9.17, 15) is 18.0 Å². The molecule has 0 unspecified atom stereocenters. The van der Waals surface area contributed by atoms with Gasteiger partial charge in [-0.2, -0.15) is 33.2 Å². The molecule has 0 spiro atoms. The molecular weight excluding hydrogens is 331 g/mol. The molecule has 130 valence electrons. The van der Waals surface area contributed by atoms with Gasteiger partial charge in [-0.25, -0.2) is 0 Å². The van der Waals surface area contributed by atoms with Crippen LogP contribution in [0, 0.1) is 0 Å². The number of hydrogen-bond acceptors (Lipinski definition) is 8. The monoisotopic (exact) mass is 345 g/mol. The molecule has 0 aliphatic rings. The number of nitrogen functional groups attached to an aromatic ring is 1. The van der Waals surface area contributed by atoms with Crippen molar-refractivity contribution in [2.75, 3.05) is 24.7 Å². The Morgan fingerprint density at radius 1 is 1.33 bits per heavy atom. The smallest absolute Gasteiger partial charge is 0.435 e. The number of rotatable bonds is 5. The highest BCUT2D eigenvalue weighted by molar-refractivity contribution is 5.69. The van der Waals surface area contributed by atoms with E-state index < -0.39 is 24.4 Å². The number of esters is 1. The van der Waals surface area contributed by atoms with Gasteiger partial charge in [0.2, 0.25) is 11.9 Å². The number of halogens is 3. The van der Waals surface area contributed by atoms with Crippen molar-refractivity contribution in [1.29, 1.82) is 0 Å². The first kappa shape index (κ1) is 17.4. The van der Waals surface area contributed by atoms with Crippen molar-refractivity contribution in [3.8, 4) is 0 Å². The minimum absolute atomic E-state index is 0.0401. The van der Waals surface area contributed by atoms with Crippen molar-refractivity contribution >= 4 is 17.9 Å². The van der Waals surface area contributed by atoms with E-state index in [4.69, 9.17) is 10.5 Å². The van der Waals surface area contributed by atoms with E-state index in [1.54, 1.807) is 19.0 Å². The van der Waals surface area contributed by atoms with Crippen molar-refractivity contribution in [3.63, 3.8) is 0 Å². The van der Waals surface area contributed by atoms with Crippen LogP contribution in [0.3, 0.4) is 0 Å². The lowest BCUT2D eigenvalue weighted by atomic mass is 10.4. The molecule has 24 heavy (non-hydrogen) atoms. The maximum Gasteiger partial charge on any atom is 0.435 e. The number of anilines is 2. The summed E-state index contributed by atoms with van der Waals surface area (Å²) in [5.41, 5.74) is 4.43. The van der Waals surface area contributed by atoms with Crippen molar-refractivity contribution in [3.05, 3.63) is 23.8 Å². The molecule has 0 saturated heterocycles. The second kappa shape index (κ2) is 6.68. The van der Waals surface area contributed by atoms with Crippen molar-refractivity contribution in [2.45, 2.75) is 19.3 Å². The van der Waals surface area contributed by atoms with Gasteiger partial charge in [0.1, 0.15) is 6.54 Å². The van der Waals surface area contributed by atoms with Crippen LogP contribution in [0.5, 0.6) is 0 Å². The molecule has 0 amide bonds. The fourth-order valence-electron chi connectivity index (χ4n) is 1.61. The molecule has 0 aliphatic carbocycles. The van der Waals surface area contributed by atoms with E-state index in [-0.39, 0.29) is 24.3 Å². The van der Waals surface area contributed by atoms with E-state index in [1.165, 1.54) is 0 Å². The third-order valence-electron chi connectivity index (χ3n) is 2.67. The number of hydrogen-bond donors (Lipinski definition) is 1. The summed E-state index contributed by atoms with van der Waals surface area (Å²) in [7, 11) is 3.39. The zero-order valence-corrected chi connectivity index (χ0v) is 12.8. The Morgan fingerprint density at radius 3 is 2.62 bits per heavy atom. The number of nitrogens with two attached hydrogens (primary N) is 1. The SMILES string of the molecule is CN(C)c1nc(N)nc(COC(=O)Cn2ccc(C(F)(F)F)n2)n1. The number of carbonyl (C=O) groups excluding carboxylic acids is 1. The number of nitrogens with zero attached hydrogens (tertiary/aromatic N) is 6. The van der Waals surface area contributed by atoms with Crippen molar-refractivity contribution in [1.82, 2.24) is 24.7 Å². The van der Waals surface area contributed by atoms with Crippen LogP contribution in [0.4, 0.5) is 25.1 Å². The van der Waals surface area contributed by atoms with Gasteiger partial charge < -0.3 is 15.4 Å². The van der Waals surface area contributed by atoms with Gasteiger partial charge in [0.15, 0.2) is 18.1 Å². The molecule has 2 N–H and O–H groups in total. The molecule has 0 saturated carbocycles. The molecule has 12 heteroatoms. The predicted molar refractivity (Wildman–Crippen MR) is 75.6 cm³/mol. The lowest BCUT2D eigenvalue weighted by Gasteiger charge is -2.11. The largest absolute Gasteiger partial charge is 0.456 e. The third-order valence-corrected chi connectivity index (χ3v) is 2.67. The van der Waals surface area contributed by atoms with Crippen molar-refractivity contribution in [2.24, 2.45) is 0 Å². The highest BCUT2D eigenvalue weighted by Gasteiger charge is 2.33. The van der Waals surface area contributed by atoms with Gasteiger partial charge in [-0.3, -0.25) is 9.48 Å². The standard InChI is InChI=1S/C12H14F3N7O2/c1-21(2)11-18-8(17-10(16)19-11)6-24-9(23)5-22-4-3-7(20-22)12(13,14)15/h3-4H,5-6H2,1-2H3,(H2,16,17,18,19). The Balaban J connectivity index is 1.95. The topological polar surface area (TPSA) is 112 Å². The number of carbonyl (C=O) groups is 1. The van der Waals surface area contributed by atoms with Gasteiger partial charge in [-0.1, -0.05) is 0 Å². The summed E-state index contributed by atoms with van der Waals surface area (Å²) in [6.07, 6.45) is -3.53. The summed E-state index contributed by atoms with van der Waals surface area (Å²) in [4.78, 5) is 25.0. The molecule has 0 bridgehead atoms. The Kier molecular flexibility index (Phi) is 4.85. The average Bonchev–Trinajstić information content (AvgIpc) is 2.93. The first-order valence-corrected chi connectivity index (χ1v) is 6.59. The molecule has 0 aliphatic heterocycles. The maximum atomic E-state index is 12.4. The fourth-order valence-corrected chi connectivity index (χ4v) is 1.61. The molecule has 9 nitrogen and oxygen atoms in total. The molecule has 2 aromatic rings. The number of ether oxygens (including phenoxy) is 1. The molecule has 0 aromatic carbocycles. The van der Waals surface area contributed by atoms with Crippen LogP contribution in [0.2, 0.25) is 0 Å². The third kappa shape index (κ3) is 4.54. The summed E-state index contributed by atoms with van der Waals surface area (Å²) in [5, 5.41) is 3.25. The van der Waals surface area contributed by atoms with Gasteiger partial charge >= 0.3 is 12.1 Å². The lowest BCUT2D eigenvalue weighted by Crippen LogP contribution is -2.18. The molecule has 2 heterocycles. The Morgan fingerprint density at radius 2 is 2.04 bits per heavy atom. The Hall–Kier alpha value is -2.92. The van der Waals surface area contributed by atoms with Crippen molar-refractivity contribution < 1.29 is 22.7 Å². The van der Waals surface area contributed by atoms with E-state index in [1.807, 2.05) is 0 Å². The second-order valence-corrected chi connectivity index (χ2v) is 4.86. The molecule has 0 radical (unpaired) electrons. The Bertz CT molecular complexity index is 730. The van der Waals surface area contributed by atoms with Crippen LogP contribution >= 0.6 is 0 Å². The summed E-state index contributed by atoms with van der Waals surface area (Å²) < 4.78 is 43.0. The summed E-state index contributed by atoms with van der Waals surface area (Å²) >= 11 is 0. The molecule has 2 aromatic heterocycles. The minimum Gasteiger partial charge on any atom is -0.456 e. The lowest BCUT2D eigenvalue weighted by molar-refractivity contribution is -0.147. The van der Waals surface area contributed by atoms with Crippen LogP contribution < -0.4 is 10.6 Å². The van der Waals surface area contributed by atoms with E-state index in [0.717, 1.165) is 16.9 Å². The summed E-state index contributed by atoms with van der Waals surface area (Å²) in [5.74, 6) is -0.426. The van der Waals surface area contributed by atoms with Crippen LogP contribution in [0.1, 0.15) is 11.5 Å². The molecule has 0 fully saturated rings. The molecule has 0 atom stereocenters. The highest BCUT2D eigenvalue weighted by atomic mass is 19.4. The van der Waals surface area contributed by atoms with E-state index in [0.29, 0.717) is 0 Å². The normalized spacial score (nSPS) is 11.4. The van der Waals surface area contributed by atoms with Gasteiger partial charge in [0, 0.05) is 20.3 Å². The maximum absolute atomic E-state index is 12.4. The zero-order valence-electron chi connectivity index (χ0n) is 12.8. The van der Waals surface area contributed by atoms with Crippen LogP contribution in [0.15, 0.2) is 12.3 Å². The first-order chi connectivity index (χ1) is 11.1. The second-order valence-electron chi connectivity index (χ2n) is 4.86. The van der Waals surface area contributed by atoms with E-state index >= 15 is 0 Å². The van der Waals surface area contributed by atoms with E-state index in [2.05, 4.69) is 20.1 Å². The summed E-state index contributed by atoms with van der Waals surface area (Å²) in [6, 6.07) is 0.767. The zero-order chi connectivity index (χ0) is 17.9. The first-order valence-electron chi connectivity index (χ1n) is 6.59. The predicted octanol–water partition coefficient (Wildman–Crippen LogP) is 0.479. The number of aromatic nitrogens is 5. The van der Waals surface area contributed by atoms with Gasteiger partial charge in [0.25, 0.3) is 0 Å². The minimum atomic E-state index is -4.57. The van der Waals surface area contributed by atoms with Crippen LogP contribution in [-0.4, -0.2) is 44.8 Å². The van der Waals surface area contributed by atoms with Gasteiger partial charge in [-0.05, 0) is 6.07 Å². The molecule has 2 rings (SSSR count). The van der Waals surface area contributed by atoms with Gasteiger partial charge in [0.05, 0.1) is 0 Å². The van der Waals surface area contributed by atoms with Crippen LogP contribution in [-0.2, 0) is 28.9 Å². The van der Waals surface area contributed by atoms with Gasteiger partial charge in [-0.15, -0.1) is 0 Å². The molecular formula is C12H14F3N7O2. The highest BCUT2D eigenvalue weighted by Crippen LogP contribution is 2.27. The quantitative estimate of drug-likeness (QED) is 0.779. The number of alkyl halides is 3. The fraction of sp³-hybridized carbons (Fsp3) is 0.417. The Labute approximate surface area is 134 Å². The summed E-state index contributed by atoms with van der Waals surface area (Å²) in [6.45, 7) is -0.767. The average molecular weight is 345 g/mol.